The van der Waals surface area contributed by atoms with E-state index in [0.717, 1.165) is 63.3 Å². The Morgan fingerprint density at radius 2 is 1.56 bits per heavy atom. The van der Waals surface area contributed by atoms with E-state index in [-0.39, 0.29) is 23.9 Å². The van der Waals surface area contributed by atoms with E-state index in [9.17, 15) is 10.2 Å². The van der Waals surface area contributed by atoms with Gasteiger partial charge >= 0.3 is 0 Å². The Balaban J connectivity index is 1.23. The van der Waals surface area contributed by atoms with Gasteiger partial charge in [0.15, 0.2) is 11.5 Å². The summed E-state index contributed by atoms with van der Waals surface area (Å²) in [7, 11) is 0. The fourth-order valence-electron chi connectivity index (χ4n) is 8.76. The highest BCUT2D eigenvalue weighted by molar-refractivity contribution is 5.62. The SMILES string of the molecule is Oc1ccc2c3c1O[C@H]1[C@H](N(Cc4ccccc4)Cc4ccccc4)CC[C@@]4(O)[C@@H](C2)N(CC2CC2)CC[C@]314. The van der Waals surface area contributed by atoms with Crippen LogP contribution in [0.25, 0.3) is 0 Å². The number of aliphatic hydroxyl groups is 1. The molecule has 3 aromatic rings. The standard InChI is InChI=1S/C34H38N2O3/c37-28-14-13-26-19-29-34(38)16-15-27(36(21-23-7-3-1-4-8-23)22-24-9-5-2-6-10-24)32-33(34,30(26)31(28)39-32)17-18-35(29)20-25-11-12-25/h1-10,13-14,25,27,29,32,37-38H,11-12,15-22H2/t27-,29-,32+,33+,34-/m1/s1. The first-order valence-electron chi connectivity index (χ1n) is 14.9. The molecule has 2 saturated carbocycles. The van der Waals surface area contributed by atoms with Crippen molar-refractivity contribution >= 4 is 0 Å². The molecule has 5 atom stereocenters. The van der Waals surface area contributed by atoms with Gasteiger partial charge in [-0.3, -0.25) is 9.80 Å². The van der Waals surface area contributed by atoms with E-state index in [1.807, 2.05) is 6.07 Å². The Kier molecular flexibility index (Phi) is 5.42. The molecule has 0 radical (unpaired) electrons. The highest BCUT2D eigenvalue weighted by atomic mass is 16.5. The lowest BCUT2D eigenvalue weighted by molar-refractivity contribution is -0.202. The number of ether oxygens (including phenoxy) is 1. The molecule has 3 aliphatic carbocycles. The zero-order valence-electron chi connectivity index (χ0n) is 22.5. The fraction of sp³-hybridized carbons (Fsp3) is 0.471. The summed E-state index contributed by atoms with van der Waals surface area (Å²) in [4.78, 5) is 5.19. The smallest absolute Gasteiger partial charge is 0.165 e. The summed E-state index contributed by atoms with van der Waals surface area (Å²) in [5.41, 5.74) is 3.60. The van der Waals surface area contributed by atoms with Crippen LogP contribution >= 0.6 is 0 Å². The number of phenols is 1. The molecule has 5 heteroatoms. The molecule has 2 N–H and O–H groups in total. The average Bonchev–Trinajstić information content (AvgIpc) is 3.70. The van der Waals surface area contributed by atoms with Crippen LogP contribution in [0.15, 0.2) is 72.8 Å². The highest BCUT2D eigenvalue weighted by Gasteiger charge is 2.73. The molecule has 5 nitrogen and oxygen atoms in total. The van der Waals surface area contributed by atoms with Gasteiger partial charge < -0.3 is 14.9 Å². The minimum Gasteiger partial charge on any atom is -0.504 e. The molecule has 2 heterocycles. The molecule has 1 spiro atoms. The maximum absolute atomic E-state index is 12.9. The number of benzene rings is 3. The molecule has 2 bridgehead atoms. The van der Waals surface area contributed by atoms with Crippen molar-refractivity contribution in [3.8, 4) is 11.5 Å². The Morgan fingerprint density at radius 3 is 2.23 bits per heavy atom. The average molecular weight is 523 g/mol. The van der Waals surface area contributed by atoms with Crippen LogP contribution in [0.4, 0.5) is 0 Å². The van der Waals surface area contributed by atoms with Crippen LogP contribution in [-0.4, -0.2) is 56.9 Å². The van der Waals surface area contributed by atoms with Crippen LogP contribution in [0.1, 0.15) is 54.4 Å². The van der Waals surface area contributed by atoms with Crippen LogP contribution in [0.3, 0.4) is 0 Å². The van der Waals surface area contributed by atoms with E-state index >= 15 is 0 Å². The molecule has 202 valence electrons. The van der Waals surface area contributed by atoms with Crippen molar-refractivity contribution in [2.75, 3.05) is 13.1 Å². The second kappa shape index (κ2) is 8.82. The van der Waals surface area contributed by atoms with E-state index in [1.165, 1.54) is 29.5 Å². The molecule has 5 aliphatic rings. The number of hydrogen-bond acceptors (Lipinski definition) is 5. The van der Waals surface area contributed by atoms with Crippen LogP contribution in [-0.2, 0) is 24.9 Å². The van der Waals surface area contributed by atoms with Crippen LogP contribution < -0.4 is 4.74 Å². The molecule has 3 aromatic carbocycles. The maximum atomic E-state index is 12.9. The quantitative estimate of drug-likeness (QED) is 0.456. The first kappa shape index (κ1) is 24.0. The third kappa shape index (κ3) is 3.56. The summed E-state index contributed by atoms with van der Waals surface area (Å²) in [6, 6.07) is 25.6. The van der Waals surface area contributed by atoms with Gasteiger partial charge in [0.1, 0.15) is 6.10 Å². The molecule has 39 heavy (non-hydrogen) atoms. The Hall–Kier alpha value is -2.86. The van der Waals surface area contributed by atoms with Crippen molar-refractivity contribution < 1.29 is 14.9 Å². The maximum Gasteiger partial charge on any atom is 0.165 e. The minimum atomic E-state index is -0.849. The van der Waals surface area contributed by atoms with Gasteiger partial charge in [-0.15, -0.1) is 0 Å². The lowest BCUT2D eigenvalue weighted by Gasteiger charge is -2.65. The molecule has 2 aliphatic heterocycles. The minimum absolute atomic E-state index is 0.110. The molecule has 0 amide bonds. The van der Waals surface area contributed by atoms with Gasteiger partial charge in [0.25, 0.3) is 0 Å². The monoisotopic (exact) mass is 522 g/mol. The Bertz CT molecular complexity index is 1330. The lowest BCUT2D eigenvalue weighted by Crippen LogP contribution is -2.78. The third-order valence-electron chi connectivity index (χ3n) is 10.7. The number of likely N-dealkylation sites (tertiary alicyclic amines) is 1. The highest BCUT2D eigenvalue weighted by Crippen LogP contribution is 2.66. The molecule has 0 unspecified atom stereocenters. The van der Waals surface area contributed by atoms with E-state index in [0.29, 0.717) is 5.75 Å². The van der Waals surface area contributed by atoms with Crippen molar-refractivity contribution in [3.05, 3.63) is 95.1 Å². The van der Waals surface area contributed by atoms with Gasteiger partial charge in [0, 0.05) is 37.3 Å². The topological polar surface area (TPSA) is 56.2 Å². The molecular weight excluding hydrogens is 484 g/mol. The number of rotatable bonds is 7. The Morgan fingerprint density at radius 1 is 0.872 bits per heavy atom. The third-order valence-corrected chi connectivity index (χ3v) is 10.7. The first-order chi connectivity index (χ1) is 19.1. The summed E-state index contributed by atoms with van der Waals surface area (Å²) in [5.74, 6) is 1.64. The zero-order chi connectivity index (χ0) is 26.2. The van der Waals surface area contributed by atoms with Crippen LogP contribution in [0.2, 0.25) is 0 Å². The van der Waals surface area contributed by atoms with Crippen LogP contribution in [0, 0.1) is 5.92 Å². The molecule has 1 saturated heterocycles. The van der Waals surface area contributed by atoms with Gasteiger partial charge in [0.2, 0.25) is 0 Å². The van der Waals surface area contributed by atoms with Gasteiger partial charge in [-0.1, -0.05) is 66.7 Å². The van der Waals surface area contributed by atoms with E-state index in [1.54, 1.807) is 0 Å². The lowest BCUT2D eigenvalue weighted by atomic mass is 9.48. The molecule has 0 aromatic heterocycles. The van der Waals surface area contributed by atoms with Gasteiger partial charge in [-0.2, -0.15) is 0 Å². The summed E-state index contributed by atoms with van der Waals surface area (Å²) in [5, 5.41) is 23.9. The number of nitrogens with zero attached hydrogens (tertiary/aromatic N) is 2. The first-order valence-corrected chi connectivity index (χ1v) is 14.9. The van der Waals surface area contributed by atoms with Gasteiger partial charge in [-0.25, -0.2) is 0 Å². The van der Waals surface area contributed by atoms with Crippen LogP contribution in [0.5, 0.6) is 11.5 Å². The summed E-state index contributed by atoms with van der Waals surface area (Å²) in [6.07, 6.45) is 5.80. The number of aromatic hydroxyl groups is 1. The number of hydrogen-bond donors (Lipinski definition) is 2. The molecule has 3 fully saturated rings. The molecule has 8 rings (SSSR count). The van der Waals surface area contributed by atoms with E-state index in [4.69, 9.17) is 4.74 Å². The van der Waals surface area contributed by atoms with Crippen molar-refractivity contribution in [2.45, 2.75) is 80.8 Å². The predicted octanol–water partition coefficient (Wildman–Crippen LogP) is 5.03. The normalized spacial score (nSPS) is 32.6. The summed E-state index contributed by atoms with van der Waals surface area (Å²) < 4.78 is 6.90. The fourth-order valence-corrected chi connectivity index (χ4v) is 8.76. The number of phenolic OH excluding ortho intramolecular Hbond substituents is 1. The largest absolute Gasteiger partial charge is 0.504 e. The zero-order valence-corrected chi connectivity index (χ0v) is 22.5. The second-order valence-electron chi connectivity index (χ2n) is 12.8. The van der Waals surface area contributed by atoms with Gasteiger partial charge in [-0.05, 0) is 73.7 Å². The van der Waals surface area contributed by atoms with Crippen molar-refractivity contribution in [2.24, 2.45) is 5.92 Å². The Labute approximate surface area is 231 Å². The van der Waals surface area contributed by atoms with E-state index in [2.05, 4.69) is 76.5 Å². The van der Waals surface area contributed by atoms with Crippen molar-refractivity contribution in [1.82, 2.24) is 9.80 Å². The van der Waals surface area contributed by atoms with Gasteiger partial charge in [0.05, 0.1) is 11.0 Å². The second-order valence-corrected chi connectivity index (χ2v) is 12.8. The van der Waals surface area contributed by atoms with Crippen molar-refractivity contribution in [1.29, 1.82) is 0 Å². The summed E-state index contributed by atoms with van der Waals surface area (Å²) in [6.45, 7) is 3.73. The van der Waals surface area contributed by atoms with E-state index < -0.39 is 11.0 Å². The predicted molar refractivity (Wildman–Crippen MR) is 151 cm³/mol. The summed E-state index contributed by atoms with van der Waals surface area (Å²) >= 11 is 0. The molecular formula is C34H38N2O3. The van der Waals surface area contributed by atoms with Crippen molar-refractivity contribution in [3.63, 3.8) is 0 Å². The number of piperidine rings is 1.